The summed E-state index contributed by atoms with van der Waals surface area (Å²) in [5, 5.41) is 3.20. The molecule has 4 heteroatoms. The van der Waals surface area contributed by atoms with Gasteiger partial charge in [0.25, 0.3) is 11.8 Å². The van der Waals surface area contributed by atoms with Crippen molar-refractivity contribution in [1.29, 1.82) is 0 Å². The maximum Gasteiger partial charge on any atom is 0.282 e. The van der Waals surface area contributed by atoms with Crippen molar-refractivity contribution in [2.45, 2.75) is 20.8 Å². The second-order valence-electron chi connectivity index (χ2n) is 7.27. The van der Waals surface area contributed by atoms with Gasteiger partial charge in [-0.25, -0.2) is 4.90 Å². The number of imide groups is 1. The lowest BCUT2D eigenvalue weighted by Gasteiger charge is -2.19. The highest BCUT2D eigenvalue weighted by Gasteiger charge is 2.40. The molecule has 4 rings (SSSR count). The molecule has 0 saturated carbocycles. The lowest BCUT2D eigenvalue weighted by Crippen LogP contribution is -2.33. The summed E-state index contributed by atoms with van der Waals surface area (Å²) in [5.74, 6) is -0.660. The van der Waals surface area contributed by atoms with Gasteiger partial charge in [0.1, 0.15) is 5.70 Å². The number of hydrogen-bond donors (Lipinski definition) is 1. The molecule has 1 aliphatic rings. The molecule has 0 aliphatic carbocycles. The van der Waals surface area contributed by atoms with Crippen LogP contribution in [-0.4, -0.2) is 11.8 Å². The number of rotatable bonds is 4. The molecule has 0 unspecified atom stereocenters. The van der Waals surface area contributed by atoms with E-state index in [1.165, 1.54) is 4.90 Å². The van der Waals surface area contributed by atoms with Crippen LogP contribution in [0, 0.1) is 20.8 Å². The molecule has 0 fully saturated rings. The number of anilines is 2. The van der Waals surface area contributed by atoms with Crippen molar-refractivity contribution in [3.05, 3.63) is 101 Å². The predicted molar refractivity (Wildman–Crippen MR) is 117 cm³/mol. The zero-order chi connectivity index (χ0) is 20.5. The summed E-state index contributed by atoms with van der Waals surface area (Å²) >= 11 is 0. The first-order chi connectivity index (χ1) is 14.0. The van der Waals surface area contributed by atoms with Crippen LogP contribution in [0.25, 0.3) is 5.57 Å². The van der Waals surface area contributed by atoms with Gasteiger partial charge in [0.15, 0.2) is 0 Å². The summed E-state index contributed by atoms with van der Waals surface area (Å²) in [7, 11) is 0. The highest BCUT2D eigenvalue weighted by Crippen LogP contribution is 2.35. The van der Waals surface area contributed by atoms with Crippen molar-refractivity contribution in [3.63, 3.8) is 0 Å². The van der Waals surface area contributed by atoms with Crippen LogP contribution >= 0.6 is 0 Å². The van der Waals surface area contributed by atoms with Crippen molar-refractivity contribution in [1.82, 2.24) is 0 Å². The van der Waals surface area contributed by atoms with E-state index >= 15 is 0 Å². The van der Waals surface area contributed by atoms with Gasteiger partial charge in [-0.2, -0.15) is 0 Å². The predicted octanol–water partition coefficient (Wildman–Crippen LogP) is 5.01. The van der Waals surface area contributed by atoms with Gasteiger partial charge in [0.05, 0.1) is 11.3 Å². The first-order valence-corrected chi connectivity index (χ1v) is 9.56. The Labute approximate surface area is 170 Å². The van der Waals surface area contributed by atoms with Crippen LogP contribution in [0.4, 0.5) is 11.4 Å². The number of hydrogen-bond acceptors (Lipinski definition) is 3. The van der Waals surface area contributed by atoms with Gasteiger partial charge in [-0.05, 0) is 55.7 Å². The van der Waals surface area contributed by atoms with Crippen molar-refractivity contribution in [3.8, 4) is 0 Å². The monoisotopic (exact) mass is 382 g/mol. The lowest BCUT2D eigenvalue weighted by atomic mass is 10.0. The third-order valence-corrected chi connectivity index (χ3v) is 5.28. The van der Waals surface area contributed by atoms with Crippen LogP contribution in [0.15, 0.2) is 78.5 Å². The standard InChI is InChI=1S/C25H22N2O2/c1-16-12-14-20(15-13-16)26-23-22(19-9-5-4-6-10-19)24(28)27(25(23)29)21-11-7-8-17(2)18(21)3/h4-15,26H,1-3H3. The molecule has 2 amide bonds. The molecule has 3 aromatic carbocycles. The molecule has 3 aromatic rings. The van der Waals surface area contributed by atoms with Crippen molar-refractivity contribution in [2.75, 3.05) is 10.2 Å². The van der Waals surface area contributed by atoms with E-state index in [2.05, 4.69) is 5.32 Å². The van der Waals surface area contributed by atoms with E-state index in [-0.39, 0.29) is 11.8 Å². The number of carbonyl (C=O) groups is 2. The molecular formula is C25H22N2O2. The van der Waals surface area contributed by atoms with E-state index in [0.29, 0.717) is 22.5 Å². The minimum atomic E-state index is -0.344. The van der Waals surface area contributed by atoms with Gasteiger partial charge in [-0.3, -0.25) is 9.59 Å². The van der Waals surface area contributed by atoms with Gasteiger partial charge >= 0.3 is 0 Å². The highest BCUT2D eigenvalue weighted by molar-refractivity contribution is 6.46. The zero-order valence-electron chi connectivity index (χ0n) is 16.7. The number of amides is 2. The Morgan fingerprint density at radius 2 is 1.41 bits per heavy atom. The number of benzene rings is 3. The van der Waals surface area contributed by atoms with E-state index in [1.54, 1.807) is 0 Å². The first-order valence-electron chi connectivity index (χ1n) is 9.56. The summed E-state index contributed by atoms with van der Waals surface area (Å²) in [6, 6.07) is 22.7. The fraction of sp³-hybridized carbons (Fsp3) is 0.120. The van der Waals surface area contributed by atoms with Crippen molar-refractivity contribution < 1.29 is 9.59 Å². The van der Waals surface area contributed by atoms with Crippen molar-refractivity contribution in [2.24, 2.45) is 0 Å². The SMILES string of the molecule is Cc1ccc(NC2=C(c3ccccc3)C(=O)N(c3cccc(C)c3C)C2=O)cc1. The maximum atomic E-state index is 13.4. The Bertz CT molecular complexity index is 1130. The average molecular weight is 382 g/mol. The molecule has 0 bridgehead atoms. The maximum absolute atomic E-state index is 13.4. The fourth-order valence-electron chi connectivity index (χ4n) is 3.50. The number of nitrogens with zero attached hydrogens (tertiary/aromatic N) is 1. The smallest absolute Gasteiger partial charge is 0.282 e. The van der Waals surface area contributed by atoms with Crippen LogP contribution in [-0.2, 0) is 9.59 Å². The van der Waals surface area contributed by atoms with E-state index < -0.39 is 0 Å². The third kappa shape index (κ3) is 3.34. The number of carbonyl (C=O) groups excluding carboxylic acids is 2. The molecule has 1 N–H and O–H groups in total. The minimum Gasteiger partial charge on any atom is -0.350 e. The molecule has 0 atom stereocenters. The van der Waals surface area contributed by atoms with Gasteiger partial charge in [0.2, 0.25) is 0 Å². The van der Waals surface area contributed by atoms with Crippen LogP contribution in [0.2, 0.25) is 0 Å². The van der Waals surface area contributed by atoms with Gasteiger partial charge in [-0.15, -0.1) is 0 Å². The Morgan fingerprint density at radius 1 is 0.724 bits per heavy atom. The van der Waals surface area contributed by atoms with E-state index in [1.807, 2.05) is 93.6 Å². The van der Waals surface area contributed by atoms with E-state index in [9.17, 15) is 9.59 Å². The Hall–Kier alpha value is -3.66. The van der Waals surface area contributed by atoms with Crippen molar-refractivity contribution >= 4 is 28.8 Å². The lowest BCUT2D eigenvalue weighted by molar-refractivity contribution is -0.120. The Balaban J connectivity index is 1.84. The molecule has 0 radical (unpaired) electrons. The first kappa shape index (κ1) is 18.7. The van der Waals surface area contributed by atoms with E-state index in [0.717, 1.165) is 22.4 Å². The second-order valence-corrected chi connectivity index (χ2v) is 7.27. The summed E-state index contributed by atoms with van der Waals surface area (Å²) in [4.78, 5) is 28.1. The Morgan fingerprint density at radius 3 is 2.10 bits per heavy atom. The topological polar surface area (TPSA) is 49.4 Å². The largest absolute Gasteiger partial charge is 0.350 e. The minimum absolute atomic E-state index is 0.297. The summed E-state index contributed by atoms with van der Waals surface area (Å²) < 4.78 is 0. The highest BCUT2D eigenvalue weighted by atomic mass is 16.2. The van der Waals surface area contributed by atoms with Crippen LogP contribution in [0.1, 0.15) is 22.3 Å². The zero-order valence-corrected chi connectivity index (χ0v) is 16.7. The normalized spacial score (nSPS) is 14.0. The summed E-state index contributed by atoms with van der Waals surface area (Å²) in [6.07, 6.45) is 0. The quantitative estimate of drug-likeness (QED) is 0.646. The van der Waals surface area contributed by atoms with Crippen LogP contribution < -0.4 is 10.2 Å². The molecule has 0 aromatic heterocycles. The molecule has 1 heterocycles. The average Bonchev–Trinajstić information content (AvgIpc) is 2.96. The van der Waals surface area contributed by atoms with Gasteiger partial charge in [-0.1, -0.05) is 60.2 Å². The molecule has 144 valence electrons. The number of nitrogens with one attached hydrogen (secondary N) is 1. The molecule has 1 aliphatic heterocycles. The van der Waals surface area contributed by atoms with Crippen LogP contribution in [0.5, 0.6) is 0 Å². The van der Waals surface area contributed by atoms with Gasteiger partial charge < -0.3 is 5.32 Å². The second kappa shape index (κ2) is 7.40. The number of aryl methyl sites for hydroxylation is 2. The summed E-state index contributed by atoms with van der Waals surface area (Å²) in [5.41, 5.74) is 5.86. The summed E-state index contributed by atoms with van der Waals surface area (Å²) in [6.45, 7) is 5.91. The molecule has 29 heavy (non-hydrogen) atoms. The van der Waals surface area contributed by atoms with Gasteiger partial charge in [0, 0.05) is 5.69 Å². The molecule has 0 saturated heterocycles. The third-order valence-electron chi connectivity index (χ3n) is 5.28. The van der Waals surface area contributed by atoms with E-state index in [4.69, 9.17) is 0 Å². The fourth-order valence-corrected chi connectivity index (χ4v) is 3.50. The molecule has 4 nitrogen and oxygen atoms in total. The molecular weight excluding hydrogens is 360 g/mol. The molecule has 0 spiro atoms. The van der Waals surface area contributed by atoms with Crippen LogP contribution in [0.3, 0.4) is 0 Å². The Kier molecular flexibility index (Phi) is 4.77.